The van der Waals surface area contributed by atoms with E-state index in [4.69, 9.17) is 9.47 Å². The second-order valence-corrected chi connectivity index (χ2v) is 7.91. The molecular formula is C23H23BrN4O2. The minimum atomic E-state index is 0.500. The Hall–Kier alpha value is -3.06. The molecule has 0 bridgehead atoms. The fraction of sp³-hybridized carbons (Fsp3) is 0.217. The number of benzene rings is 2. The maximum absolute atomic E-state index is 6.11. The number of rotatable bonds is 6. The largest absolute Gasteiger partial charge is 0.489 e. The lowest BCUT2D eigenvalue weighted by molar-refractivity contribution is 0.304. The third kappa shape index (κ3) is 3.73. The summed E-state index contributed by atoms with van der Waals surface area (Å²) in [7, 11) is 3.52. The summed E-state index contributed by atoms with van der Waals surface area (Å²) >= 11 is 3.63. The van der Waals surface area contributed by atoms with Crippen LogP contribution in [0.5, 0.6) is 11.6 Å². The summed E-state index contributed by atoms with van der Waals surface area (Å²) in [4.78, 5) is 9.08. The van der Waals surface area contributed by atoms with Crippen LogP contribution in [0.3, 0.4) is 0 Å². The van der Waals surface area contributed by atoms with Crippen LogP contribution in [0, 0.1) is 13.8 Å². The SMILES string of the molecule is COc1nc2c(ncn2C)c(Nc2c(C)ccc(OCc3ccccc3)c2C)c1Br. The number of imidazole rings is 1. The Kier molecular flexibility index (Phi) is 5.63. The maximum Gasteiger partial charge on any atom is 0.232 e. The molecule has 0 atom stereocenters. The third-order valence-electron chi connectivity index (χ3n) is 5.06. The minimum absolute atomic E-state index is 0.500. The predicted octanol–water partition coefficient (Wildman–Crippen LogP) is 5.68. The van der Waals surface area contributed by atoms with Gasteiger partial charge in [-0.25, -0.2) is 4.98 Å². The molecule has 0 aliphatic carbocycles. The van der Waals surface area contributed by atoms with Crippen LogP contribution in [0.25, 0.3) is 11.2 Å². The van der Waals surface area contributed by atoms with Crippen LogP contribution >= 0.6 is 15.9 Å². The van der Waals surface area contributed by atoms with Gasteiger partial charge in [0, 0.05) is 18.3 Å². The fourth-order valence-corrected chi connectivity index (χ4v) is 3.91. The molecule has 4 rings (SSSR count). The van der Waals surface area contributed by atoms with Crippen molar-refractivity contribution < 1.29 is 9.47 Å². The van der Waals surface area contributed by atoms with Crippen molar-refractivity contribution in [2.45, 2.75) is 20.5 Å². The Morgan fingerprint density at radius 2 is 1.83 bits per heavy atom. The number of nitrogens with zero attached hydrogens (tertiary/aromatic N) is 3. The van der Waals surface area contributed by atoms with E-state index in [1.807, 2.05) is 35.9 Å². The van der Waals surface area contributed by atoms with E-state index < -0.39 is 0 Å². The molecule has 6 nitrogen and oxygen atoms in total. The molecule has 0 saturated carbocycles. The zero-order valence-corrected chi connectivity index (χ0v) is 18.9. The lowest BCUT2D eigenvalue weighted by atomic mass is 10.1. The van der Waals surface area contributed by atoms with Crippen molar-refractivity contribution in [3.05, 3.63) is 70.0 Å². The topological polar surface area (TPSA) is 61.2 Å². The molecule has 0 aliphatic rings. The lowest BCUT2D eigenvalue weighted by Crippen LogP contribution is -2.04. The van der Waals surface area contributed by atoms with Crippen molar-refractivity contribution in [2.75, 3.05) is 12.4 Å². The fourth-order valence-electron chi connectivity index (χ4n) is 3.37. The van der Waals surface area contributed by atoms with E-state index in [0.717, 1.165) is 49.5 Å². The molecule has 7 heteroatoms. The number of aromatic nitrogens is 3. The van der Waals surface area contributed by atoms with Gasteiger partial charge in [0.25, 0.3) is 0 Å². The summed E-state index contributed by atoms with van der Waals surface area (Å²) in [6.07, 6.45) is 1.74. The van der Waals surface area contributed by atoms with Crippen molar-refractivity contribution in [2.24, 2.45) is 7.05 Å². The van der Waals surface area contributed by atoms with E-state index in [1.165, 1.54) is 0 Å². The Bertz CT molecular complexity index is 1210. The zero-order valence-electron chi connectivity index (χ0n) is 17.4. The van der Waals surface area contributed by atoms with Gasteiger partial charge in [0.1, 0.15) is 22.3 Å². The molecule has 2 aromatic heterocycles. The highest BCUT2D eigenvalue weighted by Gasteiger charge is 2.19. The highest BCUT2D eigenvalue weighted by Crippen LogP contribution is 2.40. The summed E-state index contributed by atoms with van der Waals surface area (Å²) < 4.78 is 14.2. The number of hydrogen-bond donors (Lipinski definition) is 1. The van der Waals surface area contributed by atoms with Gasteiger partial charge in [-0.15, -0.1) is 0 Å². The summed E-state index contributed by atoms with van der Waals surface area (Å²) in [5.41, 5.74) is 6.54. The minimum Gasteiger partial charge on any atom is -0.489 e. The van der Waals surface area contributed by atoms with Gasteiger partial charge < -0.3 is 19.4 Å². The van der Waals surface area contributed by atoms with E-state index in [2.05, 4.69) is 63.3 Å². The standard InChI is InChI=1S/C23H23BrN4O2/c1-14-10-11-17(30-12-16-8-6-5-7-9-16)15(2)19(14)26-20-18(24)23(29-4)27-22-21(20)25-13-28(22)3/h5-11,13H,12H2,1-4H3,(H,26,27). The molecule has 154 valence electrons. The summed E-state index contributed by atoms with van der Waals surface area (Å²) in [6, 6.07) is 14.2. The van der Waals surface area contributed by atoms with Gasteiger partial charge in [-0.3, -0.25) is 0 Å². The molecule has 30 heavy (non-hydrogen) atoms. The molecule has 4 aromatic rings. The number of hydrogen-bond acceptors (Lipinski definition) is 5. The lowest BCUT2D eigenvalue weighted by Gasteiger charge is -2.18. The van der Waals surface area contributed by atoms with Crippen molar-refractivity contribution in [1.29, 1.82) is 0 Å². The molecule has 0 saturated heterocycles. The van der Waals surface area contributed by atoms with Gasteiger partial charge in [-0.05, 0) is 47.0 Å². The molecule has 0 amide bonds. The Labute approximate surface area is 184 Å². The van der Waals surface area contributed by atoms with Gasteiger partial charge in [-0.1, -0.05) is 36.4 Å². The number of aryl methyl sites for hydroxylation is 2. The zero-order chi connectivity index (χ0) is 21.3. The van der Waals surface area contributed by atoms with Crippen molar-refractivity contribution in [1.82, 2.24) is 14.5 Å². The molecule has 0 radical (unpaired) electrons. The van der Waals surface area contributed by atoms with Crippen LogP contribution in [0.15, 0.2) is 53.3 Å². The number of fused-ring (bicyclic) bond motifs is 1. The normalized spacial score (nSPS) is 11.0. The Balaban J connectivity index is 1.72. The molecule has 2 heterocycles. The van der Waals surface area contributed by atoms with Gasteiger partial charge in [0.15, 0.2) is 5.65 Å². The number of anilines is 2. The Morgan fingerprint density at radius 1 is 1.07 bits per heavy atom. The van der Waals surface area contributed by atoms with Crippen LogP contribution in [0.4, 0.5) is 11.4 Å². The van der Waals surface area contributed by atoms with Crippen LogP contribution in [-0.2, 0) is 13.7 Å². The van der Waals surface area contributed by atoms with E-state index in [-0.39, 0.29) is 0 Å². The van der Waals surface area contributed by atoms with Crippen molar-refractivity contribution in [3.8, 4) is 11.6 Å². The second kappa shape index (κ2) is 8.36. The third-order valence-corrected chi connectivity index (χ3v) is 5.80. The van der Waals surface area contributed by atoms with Crippen molar-refractivity contribution >= 4 is 38.5 Å². The monoisotopic (exact) mass is 466 g/mol. The molecule has 0 spiro atoms. The number of nitrogens with one attached hydrogen (secondary N) is 1. The first-order chi connectivity index (χ1) is 14.5. The average molecular weight is 467 g/mol. The highest BCUT2D eigenvalue weighted by molar-refractivity contribution is 9.10. The Morgan fingerprint density at radius 3 is 2.57 bits per heavy atom. The van der Waals surface area contributed by atoms with Crippen molar-refractivity contribution in [3.63, 3.8) is 0 Å². The molecule has 1 N–H and O–H groups in total. The van der Waals surface area contributed by atoms with Crippen LogP contribution in [0.1, 0.15) is 16.7 Å². The molecule has 0 unspecified atom stereocenters. The maximum atomic E-state index is 6.11. The predicted molar refractivity (Wildman–Crippen MR) is 123 cm³/mol. The first kappa shape index (κ1) is 20.2. The quantitative estimate of drug-likeness (QED) is 0.396. The number of halogens is 1. The van der Waals surface area contributed by atoms with E-state index >= 15 is 0 Å². The van der Waals surface area contributed by atoms with Gasteiger partial charge in [-0.2, -0.15) is 4.98 Å². The van der Waals surface area contributed by atoms with E-state index in [0.29, 0.717) is 12.5 Å². The summed E-state index contributed by atoms with van der Waals surface area (Å²) in [5, 5.41) is 3.56. The highest BCUT2D eigenvalue weighted by atomic mass is 79.9. The van der Waals surface area contributed by atoms with E-state index in [9.17, 15) is 0 Å². The van der Waals surface area contributed by atoms with Gasteiger partial charge >= 0.3 is 0 Å². The molecule has 0 fully saturated rings. The summed E-state index contributed by atoms with van der Waals surface area (Å²) in [5.74, 6) is 1.33. The molecular weight excluding hydrogens is 444 g/mol. The van der Waals surface area contributed by atoms with Gasteiger partial charge in [0.2, 0.25) is 5.88 Å². The number of pyridine rings is 1. The van der Waals surface area contributed by atoms with Crippen LogP contribution in [-0.4, -0.2) is 21.6 Å². The number of methoxy groups -OCH3 is 1. The van der Waals surface area contributed by atoms with Gasteiger partial charge in [0.05, 0.1) is 19.1 Å². The smallest absolute Gasteiger partial charge is 0.232 e. The van der Waals surface area contributed by atoms with E-state index in [1.54, 1.807) is 13.4 Å². The first-order valence-corrected chi connectivity index (χ1v) is 10.4. The van der Waals surface area contributed by atoms with Crippen LogP contribution < -0.4 is 14.8 Å². The molecule has 0 aliphatic heterocycles. The summed E-state index contributed by atoms with van der Waals surface area (Å²) in [6.45, 7) is 4.64. The average Bonchev–Trinajstić information content (AvgIpc) is 3.12. The second-order valence-electron chi connectivity index (χ2n) is 7.12. The molecule has 2 aromatic carbocycles. The van der Waals surface area contributed by atoms with Crippen LogP contribution in [0.2, 0.25) is 0 Å². The first-order valence-electron chi connectivity index (χ1n) is 9.58. The number of ether oxygens (including phenoxy) is 2.